The molecule has 0 radical (unpaired) electrons. The average Bonchev–Trinajstić information content (AvgIpc) is 2.64. The number of sulfonamides is 1. The first-order chi connectivity index (χ1) is 7.94. The molecule has 0 aromatic heterocycles. The lowest BCUT2D eigenvalue weighted by atomic mass is 10.1. The molecule has 5 nitrogen and oxygen atoms in total. The van der Waals surface area contributed by atoms with Crippen molar-refractivity contribution in [3.05, 3.63) is 0 Å². The van der Waals surface area contributed by atoms with E-state index in [1.54, 1.807) is 0 Å². The fraction of sp³-hybridized carbons (Fsp3) is 1.00. The first kappa shape index (κ1) is 13.1. The van der Waals surface area contributed by atoms with E-state index in [0.717, 1.165) is 4.31 Å². The fourth-order valence-corrected chi connectivity index (χ4v) is 3.52. The predicted molar refractivity (Wildman–Crippen MR) is 55.2 cm³/mol. The van der Waals surface area contributed by atoms with E-state index in [4.69, 9.17) is 9.47 Å². The zero-order valence-electron chi connectivity index (χ0n) is 9.27. The van der Waals surface area contributed by atoms with Crippen molar-refractivity contribution >= 4 is 10.0 Å². The minimum atomic E-state index is -3.92. The van der Waals surface area contributed by atoms with Gasteiger partial charge in [0.15, 0.2) is 5.79 Å². The fourth-order valence-electron chi connectivity index (χ4n) is 2.19. The molecule has 0 saturated carbocycles. The molecule has 17 heavy (non-hydrogen) atoms. The Kier molecular flexibility index (Phi) is 3.67. The van der Waals surface area contributed by atoms with E-state index < -0.39 is 28.0 Å². The highest BCUT2D eigenvalue weighted by atomic mass is 32.2. The molecule has 2 fully saturated rings. The highest BCUT2D eigenvalue weighted by molar-refractivity contribution is 7.89. The van der Waals surface area contributed by atoms with Gasteiger partial charge in [-0.15, -0.1) is 0 Å². The summed E-state index contributed by atoms with van der Waals surface area (Å²) >= 11 is 0. The van der Waals surface area contributed by atoms with Crippen LogP contribution in [0.15, 0.2) is 0 Å². The Bertz CT molecular complexity index is 367. The van der Waals surface area contributed by atoms with Gasteiger partial charge in [-0.1, -0.05) is 0 Å². The smallest absolute Gasteiger partial charge is 0.253 e. The van der Waals surface area contributed by atoms with Crippen LogP contribution >= 0.6 is 0 Å². The molecule has 1 spiro atoms. The van der Waals surface area contributed by atoms with E-state index in [-0.39, 0.29) is 13.1 Å². The van der Waals surface area contributed by atoms with Gasteiger partial charge in [0.25, 0.3) is 6.43 Å². The van der Waals surface area contributed by atoms with E-state index in [9.17, 15) is 17.2 Å². The second-order valence-corrected chi connectivity index (χ2v) is 6.23. The van der Waals surface area contributed by atoms with Crippen molar-refractivity contribution in [1.29, 1.82) is 0 Å². The summed E-state index contributed by atoms with van der Waals surface area (Å²) in [5.41, 5.74) is 0. The molecule has 0 N–H and O–H groups in total. The quantitative estimate of drug-likeness (QED) is 0.746. The van der Waals surface area contributed by atoms with Gasteiger partial charge >= 0.3 is 0 Å². The Morgan fingerprint density at radius 3 is 2.53 bits per heavy atom. The number of rotatable bonds is 3. The first-order valence-corrected chi connectivity index (χ1v) is 7.08. The number of hydrogen-bond acceptors (Lipinski definition) is 4. The standard InChI is InChI=1S/C9H15F2NO4S/c10-8(11)6-17(13,14)12-3-1-2-9(7-12)15-4-5-16-9/h8H,1-7H2. The molecule has 0 aliphatic carbocycles. The summed E-state index contributed by atoms with van der Waals surface area (Å²) in [7, 11) is -3.92. The van der Waals surface area contributed by atoms with Crippen LogP contribution in [0.3, 0.4) is 0 Å². The Labute approximate surface area is 98.7 Å². The van der Waals surface area contributed by atoms with Crippen molar-refractivity contribution in [2.75, 3.05) is 32.1 Å². The maximum absolute atomic E-state index is 12.2. The Hall–Kier alpha value is -0.310. The summed E-state index contributed by atoms with van der Waals surface area (Å²) in [5, 5.41) is 0. The summed E-state index contributed by atoms with van der Waals surface area (Å²) in [6.45, 7) is 1.11. The van der Waals surface area contributed by atoms with Gasteiger partial charge in [0.1, 0.15) is 5.75 Å². The van der Waals surface area contributed by atoms with E-state index in [1.807, 2.05) is 0 Å². The van der Waals surface area contributed by atoms with Gasteiger partial charge in [-0.25, -0.2) is 17.2 Å². The molecule has 0 aromatic carbocycles. The van der Waals surface area contributed by atoms with Crippen LogP contribution in [-0.2, 0) is 19.5 Å². The second kappa shape index (κ2) is 4.75. The average molecular weight is 271 g/mol. The molecule has 2 rings (SSSR count). The third-order valence-corrected chi connectivity index (χ3v) is 4.70. The first-order valence-electron chi connectivity index (χ1n) is 5.47. The maximum atomic E-state index is 12.2. The van der Waals surface area contributed by atoms with E-state index >= 15 is 0 Å². The summed E-state index contributed by atoms with van der Waals surface area (Å²) < 4.78 is 59.6. The van der Waals surface area contributed by atoms with Crippen molar-refractivity contribution in [2.45, 2.75) is 25.1 Å². The van der Waals surface area contributed by atoms with Crippen molar-refractivity contribution in [3.8, 4) is 0 Å². The predicted octanol–water partition coefficient (Wildman–Crippen LogP) is 0.420. The highest BCUT2D eigenvalue weighted by Crippen LogP contribution is 2.31. The van der Waals surface area contributed by atoms with Crippen molar-refractivity contribution in [3.63, 3.8) is 0 Å². The van der Waals surface area contributed by atoms with E-state index in [2.05, 4.69) is 0 Å². The van der Waals surface area contributed by atoms with Crippen LogP contribution < -0.4 is 0 Å². The number of nitrogens with zero attached hydrogens (tertiary/aromatic N) is 1. The minimum absolute atomic E-state index is 0.0159. The third kappa shape index (κ3) is 2.93. The van der Waals surface area contributed by atoms with Gasteiger partial charge < -0.3 is 9.47 Å². The Morgan fingerprint density at radius 1 is 1.29 bits per heavy atom. The molecule has 0 atom stereocenters. The SMILES string of the molecule is O=S(=O)(CC(F)F)N1CCCC2(C1)OCCO2. The molecule has 0 aromatic rings. The lowest BCUT2D eigenvalue weighted by molar-refractivity contribution is -0.179. The number of hydrogen-bond donors (Lipinski definition) is 0. The second-order valence-electron chi connectivity index (χ2n) is 4.21. The van der Waals surface area contributed by atoms with E-state index in [0.29, 0.717) is 26.1 Å². The maximum Gasteiger partial charge on any atom is 0.253 e. The molecular weight excluding hydrogens is 256 g/mol. The number of ether oxygens (including phenoxy) is 2. The molecular formula is C9H15F2NO4S. The summed E-state index contributed by atoms with van der Waals surface area (Å²) in [4.78, 5) is 0. The number of halogens is 2. The molecule has 2 aliphatic heterocycles. The minimum Gasteiger partial charge on any atom is -0.346 e. The van der Waals surface area contributed by atoms with E-state index in [1.165, 1.54) is 0 Å². The normalized spacial score (nSPS) is 25.8. The Morgan fingerprint density at radius 2 is 1.94 bits per heavy atom. The van der Waals surface area contributed by atoms with Gasteiger partial charge in [0.05, 0.1) is 19.8 Å². The monoisotopic (exact) mass is 271 g/mol. The largest absolute Gasteiger partial charge is 0.346 e. The molecule has 8 heteroatoms. The van der Waals surface area contributed by atoms with Crippen LogP contribution in [0.4, 0.5) is 8.78 Å². The van der Waals surface area contributed by atoms with Crippen molar-refractivity contribution in [2.24, 2.45) is 0 Å². The van der Waals surface area contributed by atoms with Crippen LogP contribution in [0.1, 0.15) is 12.8 Å². The zero-order chi connectivity index (χ0) is 12.5. The number of piperidine rings is 1. The van der Waals surface area contributed by atoms with Gasteiger partial charge in [-0.05, 0) is 6.42 Å². The van der Waals surface area contributed by atoms with Crippen LogP contribution in [0.25, 0.3) is 0 Å². The van der Waals surface area contributed by atoms with Gasteiger partial charge in [-0.3, -0.25) is 0 Å². The third-order valence-electron chi connectivity index (χ3n) is 2.93. The molecule has 2 heterocycles. The molecule has 0 bridgehead atoms. The van der Waals surface area contributed by atoms with Crippen molar-refractivity contribution in [1.82, 2.24) is 4.31 Å². The van der Waals surface area contributed by atoms with Crippen LogP contribution in [0.2, 0.25) is 0 Å². The van der Waals surface area contributed by atoms with Crippen LogP contribution in [0.5, 0.6) is 0 Å². The molecule has 2 aliphatic rings. The summed E-state index contributed by atoms with van der Waals surface area (Å²) in [6, 6.07) is 0. The number of alkyl halides is 2. The van der Waals surface area contributed by atoms with Crippen LogP contribution in [0, 0.1) is 0 Å². The molecule has 2 saturated heterocycles. The molecule has 0 unspecified atom stereocenters. The topological polar surface area (TPSA) is 55.8 Å². The van der Waals surface area contributed by atoms with Gasteiger partial charge in [-0.2, -0.15) is 4.31 Å². The van der Waals surface area contributed by atoms with Gasteiger partial charge in [0, 0.05) is 13.0 Å². The van der Waals surface area contributed by atoms with Crippen LogP contribution in [-0.4, -0.2) is 57.0 Å². The summed E-state index contributed by atoms with van der Waals surface area (Å²) in [6.07, 6.45) is -1.70. The highest BCUT2D eigenvalue weighted by Gasteiger charge is 2.44. The summed E-state index contributed by atoms with van der Waals surface area (Å²) in [5.74, 6) is -2.05. The molecule has 0 amide bonds. The molecule has 100 valence electrons. The lowest BCUT2D eigenvalue weighted by Crippen LogP contribution is -2.51. The lowest BCUT2D eigenvalue weighted by Gasteiger charge is -2.37. The zero-order valence-corrected chi connectivity index (χ0v) is 10.1. The van der Waals surface area contributed by atoms with Gasteiger partial charge in [0.2, 0.25) is 10.0 Å². The van der Waals surface area contributed by atoms with Crippen molar-refractivity contribution < 1.29 is 26.7 Å². The Balaban J connectivity index is 2.06.